The number of hydrogen-bond donors (Lipinski definition) is 1. The monoisotopic (exact) mass is 273 g/mol. The van der Waals surface area contributed by atoms with E-state index in [4.69, 9.17) is 5.73 Å². The summed E-state index contributed by atoms with van der Waals surface area (Å²) < 4.78 is 1.95. The van der Waals surface area contributed by atoms with Crippen LogP contribution < -0.4 is 10.6 Å². The Hall–Kier alpha value is -1.62. The van der Waals surface area contributed by atoms with Gasteiger partial charge in [-0.3, -0.25) is 0 Å². The smallest absolute Gasteiger partial charge is 0.154 e. The molecule has 0 spiro atoms. The van der Waals surface area contributed by atoms with Crippen LogP contribution >= 0.6 is 0 Å². The molecule has 2 aromatic heterocycles. The van der Waals surface area contributed by atoms with Crippen molar-refractivity contribution in [2.75, 3.05) is 24.5 Å². The third-order valence-corrected chi connectivity index (χ3v) is 4.23. The minimum absolute atomic E-state index is 0.436. The molecule has 0 bridgehead atoms. The first-order valence-electron chi connectivity index (χ1n) is 7.48. The number of nitrogens with zero attached hydrogens (tertiary/aromatic N) is 4. The highest BCUT2D eigenvalue weighted by molar-refractivity contribution is 5.69. The molecule has 3 rings (SSSR count). The molecule has 2 aromatic rings. The lowest BCUT2D eigenvalue weighted by Crippen LogP contribution is -2.36. The molecule has 0 atom stereocenters. The summed E-state index contributed by atoms with van der Waals surface area (Å²) in [4.78, 5) is 6.96. The molecule has 0 unspecified atom stereocenters. The number of anilines is 1. The van der Waals surface area contributed by atoms with Gasteiger partial charge in [0.2, 0.25) is 0 Å². The van der Waals surface area contributed by atoms with E-state index in [9.17, 15) is 0 Å². The minimum Gasteiger partial charge on any atom is -0.355 e. The largest absolute Gasteiger partial charge is 0.355 e. The number of rotatable bonds is 3. The Kier molecular flexibility index (Phi) is 3.61. The molecule has 1 saturated heterocycles. The van der Waals surface area contributed by atoms with E-state index in [1.165, 1.54) is 0 Å². The van der Waals surface area contributed by atoms with Crippen molar-refractivity contribution >= 4 is 11.3 Å². The van der Waals surface area contributed by atoms with Crippen molar-refractivity contribution in [2.24, 2.45) is 11.7 Å². The maximum atomic E-state index is 5.77. The van der Waals surface area contributed by atoms with Crippen LogP contribution in [0.25, 0.3) is 5.52 Å². The Bertz CT molecular complexity index is 581. The second-order valence-corrected chi connectivity index (χ2v) is 5.97. The van der Waals surface area contributed by atoms with Gasteiger partial charge in [0.1, 0.15) is 5.52 Å². The highest BCUT2D eigenvalue weighted by atomic mass is 15.3. The number of aromatic nitrogens is 3. The van der Waals surface area contributed by atoms with Crippen molar-refractivity contribution in [1.29, 1.82) is 0 Å². The van der Waals surface area contributed by atoms with E-state index in [2.05, 4.69) is 34.9 Å². The average Bonchev–Trinajstić information content (AvgIpc) is 2.91. The Labute approximate surface area is 119 Å². The highest BCUT2D eigenvalue weighted by Crippen LogP contribution is 2.26. The fourth-order valence-corrected chi connectivity index (χ4v) is 2.83. The minimum atomic E-state index is 0.436. The summed E-state index contributed by atoms with van der Waals surface area (Å²) in [7, 11) is 0. The Balaban J connectivity index is 1.91. The second-order valence-electron chi connectivity index (χ2n) is 5.97. The molecule has 20 heavy (non-hydrogen) atoms. The second kappa shape index (κ2) is 5.40. The fraction of sp³-hybridized carbons (Fsp3) is 0.600. The van der Waals surface area contributed by atoms with Crippen molar-refractivity contribution in [3.63, 3.8) is 0 Å². The third-order valence-electron chi connectivity index (χ3n) is 4.23. The molecule has 2 N–H and O–H groups in total. The summed E-state index contributed by atoms with van der Waals surface area (Å²) >= 11 is 0. The predicted molar refractivity (Wildman–Crippen MR) is 81.1 cm³/mol. The number of fused-ring (bicyclic) bond motifs is 1. The first kappa shape index (κ1) is 13.4. The molecule has 0 saturated carbocycles. The van der Waals surface area contributed by atoms with E-state index in [1.807, 2.05) is 16.9 Å². The number of hydrogen-bond acceptors (Lipinski definition) is 4. The maximum Gasteiger partial charge on any atom is 0.154 e. The zero-order chi connectivity index (χ0) is 14.1. The van der Waals surface area contributed by atoms with Crippen LogP contribution in [0.4, 0.5) is 5.82 Å². The van der Waals surface area contributed by atoms with Crippen molar-refractivity contribution in [1.82, 2.24) is 14.6 Å². The standard InChI is InChI=1S/C15H23N5/c1-11(2)13-9-14-15(17-5-8-20(14)18-13)19-6-3-12(10-16)4-7-19/h5,8-9,11-12H,3-4,6-7,10,16H2,1-2H3. The summed E-state index contributed by atoms with van der Waals surface area (Å²) in [6.07, 6.45) is 6.08. The summed E-state index contributed by atoms with van der Waals surface area (Å²) in [5.41, 5.74) is 8.00. The van der Waals surface area contributed by atoms with Crippen LogP contribution in [0.2, 0.25) is 0 Å². The molecular formula is C15H23N5. The molecular weight excluding hydrogens is 250 g/mol. The van der Waals surface area contributed by atoms with Gasteiger partial charge >= 0.3 is 0 Å². The average molecular weight is 273 g/mol. The zero-order valence-electron chi connectivity index (χ0n) is 12.3. The summed E-state index contributed by atoms with van der Waals surface area (Å²) in [5.74, 6) is 2.16. The maximum absolute atomic E-state index is 5.77. The molecule has 1 fully saturated rings. The van der Waals surface area contributed by atoms with Gasteiger partial charge in [-0.05, 0) is 37.3 Å². The van der Waals surface area contributed by atoms with Crippen LogP contribution in [0.15, 0.2) is 18.5 Å². The lowest BCUT2D eigenvalue weighted by molar-refractivity contribution is 0.413. The van der Waals surface area contributed by atoms with E-state index < -0.39 is 0 Å². The highest BCUT2D eigenvalue weighted by Gasteiger charge is 2.21. The summed E-state index contributed by atoms with van der Waals surface area (Å²) in [6.45, 7) is 7.21. The molecule has 0 aromatic carbocycles. The van der Waals surface area contributed by atoms with Gasteiger partial charge in [-0.25, -0.2) is 9.50 Å². The van der Waals surface area contributed by atoms with Crippen molar-refractivity contribution < 1.29 is 0 Å². The molecule has 5 nitrogen and oxygen atoms in total. The first-order chi connectivity index (χ1) is 9.69. The van der Waals surface area contributed by atoms with Gasteiger partial charge in [0, 0.05) is 25.5 Å². The molecule has 1 aliphatic rings. The SMILES string of the molecule is CC(C)c1cc2c(N3CCC(CN)CC3)nccn2n1. The van der Waals surface area contributed by atoms with Crippen molar-refractivity contribution in [3.05, 3.63) is 24.2 Å². The van der Waals surface area contributed by atoms with Crippen LogP contribution in [-0.2, 0) is 0 Å². The third kappa shape index (κ3) is 2.38. The molecule has 0 amide bonds. The van der Waals surface area contributed by atoms with Crippen LogP contribution in [0.3, 0.4) is 0 Å². The molecule has 108 valence electrons. The van der Waals surface area contributed by atoms with E-state index in [-0.39, 0.29) is 0 Å². The zero-order valence-corrected chi connectivity index (χ0v) is 12.3. The normalized spacial score (nSPS) is 17.3. The van der Waals surface area contributed by atoms with Crippen molar-refractivity contribution in [3.8, 4) is 0 Å². The molecule has 0 radical (unpaired) electrons. The lowest BCUT2D eigenvalue weighted by atomic mass is 9.97. The quantitative estimate of drug-likeness (QED) is 0.929. The first-order valence-corrected chi connectivity index (χ1v) is 7.48. The van der Waals surface area contributed by atoms with Crippen LogP contribution in [0.5, 0.6) is 0 Å². The van der Waals surface area contributed by atoms with Crippen molar-refractivity contribution in [2.45, 2.75) is 32.6 Å². The van der Waals surface area contributed by atoms with Gasteiger partial charge in [0.05, 0.1) is 5.69 Å². The van der Waals surface area contributed by atoms with Crippen LogP contribution in [-0.4, -0.2) is 34.2 Å². The van der Waals surface area contributed by atoms with Gasteiger partial charge < -0.3 is 10.6 Å². The van der Waals surface area contributed by atoms with Gasteiger partial charge in [0.15, 0.2) is 5.82 Å². The number of piperidine rings is 1. The summed E-state index contributed by atoms with van der Waals surface area (Å²) in [6, 6.07) is 2.17. The molecule has 1 aliphatic heterocycles. The topological polar surface area (TPSA) is 59.5 Å². The Morgan fingerprint density at radius 1 is 1.35 bits per heavy atom. The van der Waals surface area contributed by atoms with E-state index in [0.717, 1.165) is 49.5 Å². The van der Waals surface area contributed by atoms with Gasteiger partial charge in [-0.2, -0.15) is 5.10 Å². The lowest BCUT2D eigenvalue weighted by Gasteiger charge is -2.32. The molecule has 0 aliphatic carbocycles. The van der Waals surface area contributed by atoms with E-state index in [0.29, 0.717) is 11.8 Å². The molecule has 5 heteroatoms. The molecule has 3 heterocycles. The Morgan fingerprint density at radius 3 is 2.75 bits per heavy atom. The van der Waals surface area contributed by atoms with Crippen LogP contribution in [0.1, 0.15) is 38.3 Å². The van der Waals surface area contributed by atoms with E-state index in [1.54, 1.807) is 0 Å². The van der Waals surface area contributed by atoms with Gasteiger partial charge in [0.25, 0.3) is 0 Å². The van der Waals surface area contributed by atoms with Crippen LogP contribution in [0, 0.1) is 5.92 Å². The van der Waals surface area contributed by atoms with Gasteiger partial charge in [-0.1, -0.05) is 13.8 Å². The fourth-order valence-electron chi connectivity index (χ4n) is 2.83. The van der Waals surface area contributed by atoms with Gasteiger partial charge in [-0.15, -0.1) is 0 Å². The predicted octanol–water partition coefficient (Wildman–Crippen LogP) is 2.03. The van der Waals surface area contributed by atoms with E-state index >= 15 is 0 Å². The summed E-state index contributed by atoms with van der Waals surface area (Å²) in [5, 5.41) is 4.63. The number of nitrogens with two attached hydrogens (primary N) is 1. The Morgan fingerprint density at radius 2 is 2.10 bits per heavy atom.